The zero-order valence-electron chi connectivity index (χ0n) is 12.9. The molecule has 0 saturated carbocycles. The van der Waals surface area contributed by atoms with Gasteiger partial charge in [-0.25, -0.2) is 9.67 Å². The van der Waals surface area contributed by atoms with Gasteiger partial charge in [0.25, 0.3) is 5.91 Å². The van der Waals surface area contributed by atoms with E-state index in [-0.39, 0.29) is 11.9 Å². The maximum Gasteiger partial charge on any atom is 0.251 e. The van der Waals surface area contributed by atoms with E-state index in [0.29, 0.717) is 12.1 Å². The molecule has 0 bridgehead atoms. The third kappa shape index (κ3) is 2.59. The van der Waals surface area contributed by atoms with Crippen molar-refractivity contribution in [2.45, 2.75) is 26.8 Å². The summed E-state index contributed by atoms with van der Waals surface area (Å²) in [5.41, 5.74) is 4.00. The second-order valence-electron chi connectivity index (χ2n) is 5.57. The second kappa shape index (κ2) is 5.63. The van der Waals surface area contributed by atoms with Gasteiger partial charge in [0.05, 0.1) is 6.04 Å². The van der Waals surface area contributed by atoms with Gasteiger partial charge >= 0.3 is 0 Å². The number of fused-ring (bicyclic) bond motifs is 1. The summed E-state index contributed by atoms with van der Waals surface area (Å²) >= 11 is 0. The van der Waals surface area contributed by atoms with Gasteiger partial charge in [0.15, 0.2) is 0 Å². The van der Waals surface area contributed by atoms with E-state index < -0.39 is 0 Å². The van der Waals surface area contributed by atoms with E-state index in [9.17, 15) is 4.79 Å². The number of aryl methyl sites for hydroxylation is 2. The van der Waals surface area contributed by atoms with Crippen LogP contribution in [0.4, 0.5) is 0 Å². The number of amides is 1. The Morgan fingerprint density at radius 2 is 2.23 bits per heavy atom. The fourth-order valence-electron chi connectivity index (χ4n) is 2.49. The SMILES string of the molecule is Cc1[nH]c2cc(C(=O)NC[C@H](C)n3cncn3)ccc2c1C. The largest absolute Gasteiger partial charge is 0.358 e. The van der Waals surface area contributed by atoms with Gasteiger partial charge in [0, 0.05) is 28.7 Å². The Balaban J connectivity index is 1.72. The van der Waals surface area contributed by atoms with Gasteiger partial charge in [-0.2, -0.15) is 5.10 Å². The van der Waals surface area contributed by atoms with Gasteiger partial charge in [0.2, 0.25) is 0 Å². The van der Waals surface area contributed by atoms with Crippen molar-refractivity contribution in [3.05, 3.63) is 47.7 Å². The lowest BCUT2D eigenvalue weighted by Gasteiger charge is -2.12. The highest BCUT2D eigenvalue weighted by Gasteiger charge is 2.11. The minimum Gasteiger partial charge on any atom is -0.358 e. The molecule has 0 saturated heterocycles. The average molecular weight is 297 g/mol. The van der Waals surface area contributed by atoms with Crippen LogP contribution < -0.4 is 5.32 Å². The van der Waals surface area contributed by atoms with Gasteiger partial charge in [-0.05, 0) is 38.5 Å². The molecule has 2 aromatic heterocycles. The molecule has 3 rings (SSSR count). The predicted molar refractivity (Wildman–Crippen MR) is 84.8 cm³/mol. The molecule has 0 unspecified atom stereocenters. The smallest absolute Gasteiger partial charge is 0.251 e. The van der Waals surface area contributed by atoms with E-state index in [0.717, 1.165) is 16.6 Å². The third-order valence-electron chi connectivity index (χ3n) is 4.02. The summed E-state index contributed by atoms with van der Waals surface area (Å²) in [6, 6.07) is 5.80. The number of carbonyl (C=O) groups is 1. The Kier molecular flexibility index (Phi) is 3.66. The molecule has 6 nitrogen and oxygen atoms in total. The summed E-state index contributed by atoms with van der Waals surface area (Å²) in [7, 11) is 0. The minimum atomic E-state index is -0.0845. The topological polar surface area (TPSA) is 75.6 Å². The standard InChI is InChI=1S/C16H19N5O/c1-10(21-9-17-8-19-21)7-18-16(22)13-4-5-14-11(2)12(3)20-15(14)6-13/h4-6,8-10,20H,7H2,1-3H3,(H,18,22)/t10-/m0/s1. The van der Waals surface area contributed by atoms with E-state index in [1.807, 2.05) is 32.0 Å². The lowest BCUT2D eigenvalue weighted by Crippen LogP contribution is -2.29. The van der Waals surface area contributed by atoms with Crippen molar-refractivity contribution in [3.63, 3.8) is 0 Å². The molecule has 2 heterocycles. The van der Waals surface area contributed by atoms with E-state index in [1.54, 1.807) is 11.0 Å². The van der Waals surface area contributed by atoms with Crippen LogP contribution in [0.5, 0.6) is 0 Å². The average Bonchev–Trinajstić information content (AvgIpc) is 3.14. The number of aromatic amines is 1. The Bertz CT molecular complexity index is 803. The monoisotopic (exact) mass is 297 g/mol. The van der Waals surface area contributed by atoms with E-state index in [2.05, 4.69) is 27.3 Å². The van der Waals surface area contributed by atoms with Gasteiger partial charge in [-0.15, -0.1) is 0 Å². The summed E-state index contributed by atoms with van der Waals surface area (Å²) in [4.78, 5) is 19.5. The number of rotatable bonds is 4. The normalized spacial score (nSPS) is 12.5. The van der Waals surface area contributed by atoms with Crippen molar-refractivity contribution < 1.29 is 4.79 Å². The van der Waals surface area contributed by atoms with Crippen LogP contribution in [-0.4, -0.2) is 32.2 Å². The van der Waals surface area contributed by atoms with Crippen LogP contribution in [0.3, 0.4) is 0 Å². The second-order valence-corrected chi connectivity index (χ2v) is 5.57. The highest BCUT2D eigenvalue weighted by Crippen LogP contribution is 2.22. The molecular weight excluding hydrogens is 278 g/mol. The Labute approximate surface area is 128 Å². The number of hydrogen-bond donors (Lipinski definition) is 2. The third-order valence-corrected chi connectivity index (χ3v) is 4.02. The van der Waals surface area contributed by atoms with Crippen molar-refractivity contribution in [1.29, 1.82) is 0 Å². The Morgan fingerprint density at radius 1 is 1.41 bits per heavy atom. The van der Waals surface area contributed by atoms with Crippen LogP contribution in [0, 0.1) is 13.8 Å². The molecule has 3 aromatic rings. The number of H-pyrrole nitrogens is 1. The van der Waals surface area contributed by atoms with Crippen molar-refractivity contribution in [2.75, 3.05) is 6.54 Å². The molecule has 1 atom stereocenters. The first kappa shape index (κ1) is 14.3. The zero-order chi connectivity index (χ0) is 15.7. The van der Waals surface area contributed by atoms with Crippen LogP contribution in [0.2, 0.25) is 0 Å². The van der Waals surface area contributed by atoms with Crippen LogP contribution >= 0.6 is 0 Å². The molecule has 1 aromatic carbocycles. The molecule has 0 aliphatic carbocycles. The van der Waals surface area contributed by atoms with E-state index in [4.69, 9.17) is 0 Å². The number of benzene rings is 1. The fourth-order valence-corrected chi connectivity index (χ4v) is 2.49. The summed E-state index contributed by atoms with van der Waals surface area (Å²) in [6.45, 7) is 6.60. The number of carbonyl (C=O) groups excluding carboxylic acids is 1. The van der Waals surface area contributed by atoms with Crippen molar-refractivity contribution in [1.82, 2.24) is 25.1 Å². The van der Waals surface area contributed by atoms with Crippen LogP contribution in [-0.2, 0) is 0 Å². The highest BCUT2D eigenvalue weighted by atomic mass is 16.1. The van der Waals surface area contributed by atoms with Crippen LogP contribution in [0.25, 0.3) is 10.9 Å². The summed E-state index contributed by atoms with van der Waals surface area (Å²) in [5.74, 6) is -0.0845. The van der Waals surface area contributed by atoms with E-state index in [1.165, 1.54) is 11.9 Å². The van der Waals surface area contributed by atoms with Gasteiger partial charge < -0.3 is 10.3 Å². The first-order chi connectivity index (χ1) is 10.6. The number of hydrogen-bond acceptors (Lipinski definition) is 3. The molecule has 0 aliphatic heterocycles. The number of nitrogens with one attached hydrogen (secondary N) is 2. The van der Waals surface area contributed by atoms with Crippen molar-refractivity contribution in [3.8, 4) is 0 Å². The van der Waals surface area contributed by atoms with Gasteiger partial charge in [-0.3, -0.25) is 4.79 Å². The molecule has 22 heavy (non-hydrogen) atoms. The number of nitrogens with zero attached hydrogens (tertiary/aromatic N) is 3. The highest BCUT2D eigenvalue weighted by molar-refractivity contribution is 5.98. The summed E-state index contributed by atoms with van der Waals surface area (Å²) in [5, 5.41) is 8.16. The quantitative estimate of drug-likeness (QED) is 0.776. The maximum atomic E-state index is 12.3. The molecule has 0 radical (unpaired) electrons. The summed E-state index contributed by atoms with van der Waals surface area (Å²) < 4.78 is 1.72. The maximum absolute atomic E-state index is 12.3. The molecule has 0 fully saturated rings. The van der Waals surface area contributed by atoms with Crippen molar-refractivity contribution >= 4 is 16.8 Å². The lowest BCUT2D eigenvalue weighted by molar-refractivity contribution is 0.0948. The molecule has 0 aliphatic rings. The predicted octanol–water partition coefficient (Wildman–Crippen LogP) is 2.37. The first-order valence-corrected chi connectivity index (χ1v) is 7.27. The van der Waals surface area contributed by atoms with Crippen molar-refractivity contribution in [2.24, 2.45) is 0 Å². The number of aromatic nitrogens is 4. The molecule has 6 heteroatoms. The van der Waals surface area contributed by atoms with Crippen LogP contribution in [0.1, 0.15) is 34.6 Å². The Hall–Kier alpha value is -2.63. The minimum absolute atomic E-state index is 0.0603. The summed E-state index contributed by atoms with van der Waals surface area (Å²) in [6.07, 6.45) is 3.13. The lowest BCUT2D eigenvalue weighted by atomic mass is 10.1. The Morgan fingerprint density at radius 3 is 2.95 bits per heavy atom. The zero-order valence-corrected chi connectivity index (χ0v) is 12.9. The van der Waals surface area contributed by atoms with Crippen LogP contribution in [0.15, 0.2) is 30.9 Å². The van der Waals surface area contributed by atoms with E-state index >= 15 is 0 Å². The molecule has 2 N–H and O–H groups in total. The molecular formula is C16H19N5O. The molecule has 1 amide bonds. The first-order valence-electron chi connectivity index (χ1n) is 7.27. The fraction of sp³-hybridized carbons (Fsp3) is 0.312. The molecule has 114 valence electrons. The van der Waals surface area contributed by atoms with Gasteiger partial charge in [0.1, 0.15) is 12.7 Å². The van der Waals surface area contributed by atoms with Gasteiger partial charge in [-0.1, -0.05) is 6.07 Å². The molecule has 0 spiro atoms.